The number of benzene rings is 2. The van der Waals surface area contributed by atoms with Gasteiger partial charge in [-0.2, -0.15) is 5.10 Å². The van der Waals surface area contributed by atoms with Crippen LogP contribution in [0, 0.1) is 12.7 Å². The molecule has 0 bridgehead atoms. The SMILES string of the molecule is COc1ccc(NC(=O)c2oc3c(c2C)/C(=N/NC(=O)c2ccccc2F)CCC3)cc1. The van der Waals surface area contributed by atoms with Gasteiger partial charge in [0.25, 0.3) is 11.8 Å². The molecule has 2 amide bonds. The monoisotopic (exact) mass is 435 g/mol. The summed E-state index contributed by atoms with van der Waals surface area (Å²) in [7, 11) is 1.57. The van der Waals surface area contributed by atoms with Crippen molar-refractivity contribution in [3.63, 3.8) is 0 Å². The Morgan fingerprint density at radius 1 is 1.06 bits per heavy atom. The zero-order valence-electron chi connectivity index (χ0n) is 17.7. The van der Waals surface area contributed by atoms with Gasteiger partial charge in [0.05, 0.1) is 18.4 Å². The second-order valence-corrected chi connectivity index (χ2v) is 7.37. The zero-order chi connectivity index (χ0) is 22.7. The minimum Gasteiger partial charge on any atom is -0.497 e. The Kier molecular flexibility index (Phi) is 6.02. The maximum absolute atomic E-state index is 13.8. The van der Waals surface area contributed by atoms with E-state index in [0.29, 0.717) is 46.9 Å². The van der Waals surface area contributed by atoms with Crippen LogP contribution in [0.15, 0.2) is 58.0 Å². The van der Waals surface area contributed by atoms with Crippen LogP contribution in [0.1, 0.15) is 50.6 Å². The van der Waals surface area contributed by atoms with E-state index in [1.165, 1.54) is 18.2 Å². The molecule has 0 saturated heterocycles. The number of carbonyl (C=O) groups excluding carboxylic acids is 2. The van der Waals surface area contributed by atoms with Crippen LogP contribution in [0.5, 0.6) is 5.75 Å². The molecule has 0 radical (unpaired) electrons. The standard InChI is InChI=1S/C24H22FN3O4/c1-14-21-19(27-28-23(29)17-6-3-4-7-18(17)25)8-5-9-20(21)32-22(14)24(30)26-15-10-12-16(31-2)13-11-15/h3-4,6-7,10-13H,5,8-9H2,1-2H3,(H,26,30)(H,28,29)/b27-19+. The Hall–Kier alpha value is -3.94. The molecule has 8 heteroatoms. The van der Waals surface area contributed by atoms with Gasteiger partial charge in [0.1, 0.15) is 17.3 Å². The van der Waals surface area contributed by atoms with Crippen LogP contribution in [-0.4, -0.2) is 24.6 Å². The first-order valence-corrected chi connectivity index (χ1v) is 10.2. The number of rotatable bonds is 5. The minimum absolute atomic E-state index is 0.0867. The predicted molar refractivity (Wildman–Crippen MR) is 118 cm³/mol. The first-order chi connectivity index (χ1) is 15.5. The number of nitrogens with one attached hydrogen (secondary N) is 2. The van der Waals surface area contributed by atoms with Crippen LogP contribution in [0.25, 0.3) is 0 Å². The lowest BCUT2D eigenvalue weighted by Gasteiger charge is -2.13. The summed E-state index contributed by atoms with van der Waals surface area (Å²) >= 11 is 0. The molecule has 0 unspecified atom stereocenters. The van der Waals surface area contributed by atoms with Crippen molar-refractivity contribution in [1.29, 1.82) is 0 Å². The van der Waals surface area contributed by atoms with Gasteiger partial charge in [-0.25, -0.2) is 9.82 Å². The smallest absolute Gasteiger partial charge is 0.291 e. The number of nitrogens with zero attached hydrogens (tertiary/aromatic N) is 1. The van der Waals surface area contributed by atoms with Crippen molar-refractivity contribution in [3.05, 3.63) is 82.6 Å². The lowest BCUT2D eigenvalue weighted by Crippen LogP contribution is -2.23. The number of amides is 2. The van der Waals surface area contributed by atoms with Crippen molar-refractivity contribution in [1.82, 2.24) is 5.43 Å². The third-order valence-corrected chi connectivity index (χ3v) is 5.29. The first kappa shape index (κ1) is 21.3. The Morgan fingerprint density at radius 3 is 2.53 bits per heavy atom. The molecular formula is C24H22FN3O4. The molecule has 3 aromatic rings. The van der Waals surface area contributed by atoms with Crippen LogP contribution in [0.4, 0.5) is 10.1 Å². The molecule has 0 saturated carbocycles. The van der Waals surface area contributed by atoms with Crippen molar-refractivity contribution in [2.75, 3.05) is 12.4 Å². The summed E-state index contributed by atoms with van der Waals surface area (Å²) in [6, 6.07) is 12.7. The van der Waals surface area contributed by atoms with Crippen LogP contribution in [0.2, 0.25) is 0 Å². The molecule has 0 atom stereocenters. The largest absolute Gasteiger partial charge is 0.497 e. The molecule has 1 aliphatic rings. The quantitative estimate of drug-likeness (QED) is 0.579. The Bertz CT molecular complexity index is 1200. The molecule has 2 aromatic carbocycles. The highest BCUT2D eigenvalue weighted by Gasteiger charge is 2.28. The van der Waals surface area contributed by atoms with E-state index in [0.717, 1.165) is 6.42 Å². The second kappa shape index (κ2) is 9.05. The summed E-state index contributed by atoms with van der Waals surface area (Å²) in [4.78, 5) is 25.1. The van der Waals surface area contributed by atoms with Crippen molar-refractivity contribution in [2.24, 2.45) is 5.10 Å². The predicted octanol–water partition coefficient (Wildman–Crippen LogP) is 4.46. The third-order valence-electron chi connectivity index (χ3n) is 5.29. The van der Waals surface area contributed by atoms with Gasteiger partial charge < -0.3 is 14.5 Å². The normalized spacial score (nSPS) is 14.0. The first-order valence-electron chi connectivity index (χ1n) is 10.2. The molecular weight excluding hydrogens is 413 g/mol. The Balaban J connectivity index is 1.55. The summed E-state index contributed by atoms with van der Waals surface area (Å²) in [6.45, 7) is 1.78. The highest BCUT2D eigenvalue weighted by Crippen LogP contribution is 2.30. The molecule has 0 spiro atoms. The number of halogens is 1. The van der Waals surface area contributed by atoms with Gasteiger partial charge in [-0.05, 0) is 56.2 Å². The van der Waals surface area contributed by atoms with E-state index in [-0.39, 0.29) is 17.2 Å². The molecule has 4 rings (SSSR count). The van der Waals surface area contributed by atoms with E-state index in [4.69, 9.17) is 9.15 Å². The third kappa shape index (κ3) is 4.25. The number of hydrogen-bond acceptors (Lipinski definition) is 5. The number of carbonyl (C=O) groups is 2. The van der Waals surface area contributed by atoms with Crippen LogP contribution in [-0.2, 0) is 6.42 Å². The number of fused-ring (bicyclic) bond motifs is 1. The molecule has 7 nitrogen and oxygen atoms in total. The van der Waals surface area contributed by atoms with Crippen molar-refractivity contribution in [3.8, 4) is 5.75 Å². The van der Waals surface area contributed by atoms with Crippen LogP contribution < -0.4 is 15.5 Å². The van der Waals surface area contributed by atoms with Gasteiger partial charge in [0.15, 0.2) is 5.76 Å². The molecule has 2 N–H and O–H groups in total. The lowest BCUT2D eigenvalue weighted by atomic mass is 9.93. The molecule has 1 aliphatic carbocycles. The van der Waals surface area contributed by atoms with E-state index < -0.39 is 11.7 Å². The van der Waals surface area contributed by atoms with Crippen molar-refractivity contribution in [2.45, 2.75) is 26.2 Å². The van der Waals surface area contributed by atoms with Gasteiger partial charge in [0, 0.05) is 23.2 Å². The Labute approximate surface area is 184 Å². The van der Waals surface area contributed by atoms with Crippen LogP contribution in [0.3, 0.4) is 0 Å². The number of aryl methyl sites for hydroxylation is 1. The molecule has 164 valence electrons. The fourth-order valence-electron chi connectivity index (χ4n) is 3.68. The summed E-state index contributed by atoms with van der Waals surface area (Å²) in [5.41, 5.74) is 4.90. The molecule has 32 heavy (non-hydrogen) atoms. The number of anilines is 1. The van der Waals surface area contributed by atoms with E-state index in [2.05, 4.69) is 15.8 Å². The van der Waals surface area contributed by atoms with Gasteiger partial charge in [-0.15, -0.1) is 0 Å². The van der Waals surface area contributed by atoms with Gasteiger partial charge >= 0.3 is 0 Å². The summed E-state index contributed by atoms with van der Waals surface area (Å²) in [5, 5.41) is 7.04. The van der Waals surface area contributed by atoms with Gasteiger partial charge in [-0.3, -0.25) is 9.59 Å². The maximum Gasteiger partial charge on any atom is 0.291 e. The number of furan rings is 1. The van der Waals surface area contributed by atoms with E-state index in [1.54, 1.807) is 44.4 Å². The number of hydrazone groups is 1. The summed E-state index contributed by atoms with van der Waals surface area (Å²) < 4.78 is 24.8. The minimum atomic E-state index is -0.638. The fourth-order valence-corrected chi connectivity index (χ4v) is 3.68. The highest BCUT2D eigenvalue weighted by atomic mass is 19.1. The van der Waals surface area contributed by atoms with E-state index in [1.807, 2.05) is 0 Å². The molecule has 0 aliphatic heterocycles. The number of ether oxygens (including phenoxy) is 1. The summed E-state index contributed by atoms with van der Waals surface area (Å²) in [6.07, 6.45) is 2.02. The molecule has 1 heterocycles. The maximum atomic E-state index is 13.8. The van der Waals surface area contributed by atoms with E-state index >= 15 is 0 Å². The topological polar surface area (TPSA) is 92.9 Å². The van der Waals surface area contributed by atoms with Crippen molar-refractivity contribution < 1.29 is 23.1 Å². The number of methoxy groups -OCH3 is 1. The average Bonchev–Trinajstić information content (AvgIpc) is 3.15. The average molecular weight is 435 g/mol. The number of hydrogen-bond donors (Lipinski definition) is 2. The lowest BCUT2D eigenvalue weighted by molar-refractivity contribution is 0.0949. The Morgan fingerprint density at radius 2 is 1.81 bits per heavy atom. The van der Waals surface area contributed by atoms with Crippen LogP contribution >= 0.6 is 0 Å². The molecule has 0 fully saturated rings. The van der Waals surface area contributed by atoms with Crippen molar-refractivity contribution >= 4 is 23.2 Å². The summed E-state index contributed by atoms with van der Waals surface area (Å²) in [5.74, 6) is -0.107. The van der Waals surface area contributed by atoms with E-state index in [9.17, 15) is 14.0 Å². The second-order valence-electron chi connectivity index (χ2n) is 7.37. The van der Waals surface area contributed by atoms with Gasteiger partial charge in [-0.1, -0.05) is 12.1 Å². The fraction of sp³-hybridized carbons (Fsp3) is 0.208. The highest BCUT2D eigenvalue weighted by molar-refractivity contribution is 6.09. The van der Waals surface area contributed by atoms with Gasteiger partial charge in [0.2, 0.25) is 0 Å². The zero-order valence-corrected chi connectivity index (χ0v) is 17.7. The molecule has 1 aromatic heterocycles.